The first-order chi connectivity index (χ1) is 4.16. The van der Waals surface area contributed by atoms with Crippen LogP contribution in [0.25, 0.3) is 0 Å². The van der Waals surface area contributed by atoms with E-state index in [-0.39, 0.29) is 5.78 Å². The Morgan fingerprint density at radius 1 is 1.56 bits per heavy atom. The molecule has 52 valence electrons. The van der Waals surface area contributed by atoms with E-state index in [1.807, 2.05) is 6.92 Å². The van der Waals surface area contributed by atoms with Gasteiger partial charge in [-0.15, -0.1) is 11.8 Å². The molecule has 0 radical (unpaired) electrons. The lowest BCUT2D eigenvalue weighted by Crippen LogP contribution is -1.82. The molecule has 1 nitrogen and oxygen atoms in total. The highest BCUT2D eigenvalue weighted by atomic mass is 32.2. The van der Waals surface area contributed by atoms with E-state index in [1.54, 1.807) is 24.8 Å². The average molecular weight is 144 g/mol. The predicted octanol–water partition coefficient (Wildman–Crippen LogP) is 2.23. The summed E-state index contributed by atoms with van der Waals surface area (Å²) in [7, 11) is 0. The molecule has 9 heavy (non-hydrogen) atoms. The summed E-state index contributed by atoms with van der Waals surface area (Å²) in [6.07, 6.45) is 1.66. The van der Waals surface area contributed by atoms with Crippen LogP contribution in [0, 0.1) is 0 Å². The highest BCUT2D eigenvalue weighted by Crippen LogP contribution is 2.12. The fourth-order valence-electron chi connectivity index (χ4n) is 0.556. The Bertz CT molecular complexity index is 127. The van der Waals surface area contributed by atoms with Gasteiger partial charge in [0.05, 0.1) is 0 Å². The van der Waals surface area contributed by atoms with Gasteiger partial charge in [0.25, 0.3) is 0 Å². The van der Waals surface area contributed by atoms with Crippen molar-refractivity contribution >= 4 is 17.5 Å². The van der Waals surface area contributed by atoms with E-state index >= 15 is 0 Å². The molecule has 0 spiro atoms. The van der Waals surface area contributed by atoms with Crippen LogP contribution in [0.2, 0.25) is 0 Å². The lowest BCUT2D eigenvalue weighted by Gasteiger charge is -1.92. The zero-order valence-corrected chi connectivity index (χ0v) is 6.92. The van der Waals surface area contributed by atoms with Gasteiger partial charge in [0.1, 0.15) is 0 Å². The topological polar surface area (TPSA) is 17.1 Å². The number of hydrogen-bond donors (Lipinski definition) is 0. The van der Waals surface area contributed by atoms with Crippen LogP contribution in [-0.2, 0) is 4.79 Å². The third kappa shape index (κ3) is 5.63. The predicted molar refractivity (Wildman–Crippen MR) is 42.6 cm³/mol. The molecular formula is C7H12OS. The Morgan fingerprint density at radius 2 is 2.11 bits per heavy atom. The summed E-state index contributed by atoms with van der Waals surface area (Å²) in [5.74, 6) is 1.17. The molecule has 2 heteroatoms. The van der Waals surface area contributed by atoms with Crippen molar-refractivity contribution in [3.63, 3.8) is 0 Å². The van der Waals surface area contributed by atoms with Crippen molar-refractivity contribution in [3.8, 4) is 0 Å². The zero-order chi connectivity index (χ0) is 7.28. The molecule has 0 N–H and O–H groups in total. The smallest absolute Gasteiger partial charge is 0.153 e. The molecule has 0 aromatic heterocycles. The van der Waals surface area contributed by atoms with E-state index < -0.39 is 0 Å². The van der Waals surface area contributed by atoms with Crippen LogP contribution < -0.4 is 0 Å². The van der Waals surface area contributed by atoms with Gasteiger partial charge in [-0.05, 0) is 30.6 Å². The van der Waals surface area contributed by atoms with E-state index in [1.165, 1.54) is 0 Å². The van der Waals surface area contributed by atoms with E-state index in [2.05, 4.69) is 6.92 Å². The van der Waals surface area contributed by atoms with Crippen LogP contribution >= 0.6 is 11.8 Å². The molecule has 0 fully saturated rings. The number of hydrogen-bond acceptors (Lipinski definition) is 2. The van der Waals surface area contributed by atoms with Gasteiger partial charge in [-0.25, -0.2) is 0 Å². The van der Waals surface area contributed by atoms with Crippen molar-refractivity contribution in [2.75, 3.05) is 5.75 Å². The van der Waals surface area contributed by atoms with Crippen LogP contribution in [-0.4, -0.2) is 11.5 Å². The van der Waals surface area contributed by atoms with Crippen LogP contribution in [0.1, 0.15) is 20.8 Å². The summed E-state index contributed by atoms with van der Waals surface area (Å²) in [6.45, 7) is 5.59. The molecule has 0 bridgehead atoms. The first-order valence-corrected chi connectivity index (χ1v) is 3.97. The number of ketones is 1. The quantitative estimate of drug-likeness (QED) is 0.565. The van der Waals surface area contributed by atoms with E-state index in [9.17, 15) is 4.79 Å². The van der Waals surface area contributed by atoms with Gasteiger partial charge in [-0.3, -0.25) is 4.79 Å². The maximum Gasteiger partial charge on any atom is 0.153 e. The molecule has 0 aliphatic rings. The third-order valence-electron chi connectivity index (χ3n) is 0.779. The Kier molecular flexibility index (Phi) is 4.50. The van der Waals surface area contributed by atoms with Gasteiger partial charge in [0.15, 0.2) is 5.78 Å². The summed E-state index contributed by atoms with van der Waals surface area (Å²) >= 11 is 1.70. The first-order valence-electron chi connectivity index (χ1n) is 2.98. The lowest BCUT2D eigenvalue weighted by atomic mass is 10.4. The number of carbonyl (C=O) groups is 1. The van der Waals surface area contributed by atoms with Crippen LogP contribution in [0.5, 0.6) is 0 Å². The molecule has 0 saturated carbocycles. The number of allylic oxidation sites excluding steroid dienone is 2. The molecule has 0 heterocycles. The van der Waals surface area contributed by atoms with Gasteiger partial charge < -0.3 is 0 Å². The fourth-order valence-corrected chi connectivity index (χ4v) is 1.26. The van der Waals surface area contributed by atoms with Gasteiger partial charge in [0.2, 0.25) is 0 Å². The SMILES string of the molecule is CCS/C(C)=C/C(C)=O. The second-order valence-electron chi connectivity index (χ2n) is 1.80. The molecule has 0 aliphatic carbocycles. The number of carbonyl (C=O) groups excluding carboxylic acids is 1. The molecule has 0 unspecified atom stereocenters. The van der Waals surface area contributed by atoms with E-state index in [0.29, 0.717) is 0 Å². The van der Waals surface area contributed by atoms with Crippen molar-refractivity contribution < 1.29 is 4.79 Å². The van der Waals surface area contributed by atoms with Crippen LogP contribution in [0.3, 0.4) is 0 Å². The van der Waals surface area contributed by atoms with Gasteiger partial charge in [-0.2, -0.15) is 0 Å². The summed E-state index contributed by atoms with van der Waals surface area (Å²) < 4.78 is 0. The summed E-state index contributed by atoms with van der Waals surface area (Å²) in [5.41, 5.74) is 0. The van der Waals surface area contributed by atoms with Gasteiger partial charge in [-0.1, -0.05) is 6.92 Å². The standard InChI is InChI=1S/C7H12OS/c1-4-9-7(3)5-6(2)8/h5H,4H2,1-3H3/b7-5+. The molecular weight excluding hydrogens is 132 g/mol. The van der Waals surface area contributed by atoms with Crippen molar-refractivity contribution in [2.45, 2.75) is 20.8 Å². The average Bonchev–Trinajstić information content (AvgIpc) is 1.63. The minimum atomic E-state index is 0.133. The molecule has 0 saturated heterocycles. The molecule has 0 amide bonds. The first kappa shape index (κ1) is 8.76. The monoisotopic (exact) mass is 144 g/mol. The zero-order valence-electron chi connectivity index (χ0n) is 6.10. The molecule has 0 aliphatic heterocycles. The van der Waals surface area contributed by atoms with Crippen molar-refractivity contribution in [3.05, 3.63) is 11.0 Å². The van der Waals surface area contributed by atoms with E-state index in [4.69, 9.17) is 0 Å². The van der Waals surface area contributed by atoms with Crippen molar-refractivity contribution in [1.82, 2.24) is 0 Å². The largest absolute Gasteiger partial charge is 0.295 e. The van der Waals surface area contributed by atoms with Gasteiger partial charge in [0, 0.05) is 0 Å². The Balaban J connectivity index is 3.69. The Morgan fingerprint density at radius 3 is 2.44 bits per heavy atom. The van der Waals surface area contributed by atoms with Gasteiger partial charge >= 0.3 is 0 Å². The minimum absolute atomic E-state index is 0.133. The maximum absolute atomic E-state index is 10.4. The normalized spacial score (nSPS) is 11.7. The highest BCUT2D eigenvalue weighted by molar-refractivity contribution is 8.03. The second kappa shape index (κ2) is 4.62. The lowest BCUT2D eigenvalue weighted by molar-refractivity contribution is -0.112. The molecule has 0 atom stereocenters. The minimum Gasteiger partial charge on any atom is -0.295 e. The Labute approximate surface area is 60.5 Å². The fraction of sp³-hybridized carbons (Fsp3) is 0.571. The van der Waals surface area contributed by atoms with E-state index in [0.717, 1.165) is 10.7 Å². The summed E-state index contributed by atoms with van der Waals surface area (Å²) in [4.78, 5) is 11.5. The maximum atomic E-state index is 10.4. The number of thioether (sulfide) groups is 1. The molecule has 0 aromatic rings. The highest BCUT2D eigenvalue weighted by Gasteiger charge is 1.88. The van der Waals surface area contributed by atoms with Crippen LogP contribution in [0.4, 0.5) is 0 Å². The van der Waals surface area contributed by atoms with Crippen molar-refractivity contribution in [2.24, 2.45) is 0 Å². The molecule has 0 aromatic carbocycles. The van der Waals surface area contributed by atoms with Crippen molar-refractivity contribution in [1.29, 1.82) is 0 Å². The Hall–Kier alpha value is -0.240. The molecule has 0 rings (SSSR count). The third-order valence-corrected chi connectivity index (χ3v) is 1.64. The summed E-state index contributed by atoms with van der Waals surface area (Å²) in [6, 6.07) is 0. The summed E-state index contributed by atoms with van der Waals surface area (Å²) in [5, 5.41) is 0. The second-order valence-corrected chi connectivity index (χ2v) is 3.31. The van der Waals surface area contributed by atoms with Crippen LogP contribution in [0.15, 0.2) is 11.0 Å². The number of rotatable bonds is 3.